The van der Waals surface area contributed by atoms with Crippen molar-refractivity contribution >= 4 is 45.0 Å². The molecule has 0 spiro atoms. The predicted molar refractivity (Wildman–Crippen MR) is 97.7 cm³/mol. The number of carbonyl (C=O) groups excluding carboxylic acids is 1. The van der Waals surface area contributed by atoms with E-state index in [0.717, 1.165) is 0 Å². The number of rotatable bonds is 0. The van der Waals surface area contributed by atoms with Gasteiger partial charge < -0.3 is 20.4 Å². The molecule has 5 nitrogen and oxygen atoms in total. The molecule has 0 aliphatic heterocycles. The lowest BCUT2D eigenvalue weighted by Crippen LogP contribution is -2.27. The van der Waals surface area contributed by atoms with Gasteiger partial charge in [0.25, 0.3) is 0 Å². The van der Waals surface area contributed by atoms with Gasteiger partial charge in [-0.1, -0.05) is 18.2 Å². The van der Waals surface area contributed by atoms with Crippen LogP contribution in [0.1, 0.15) is 39.3 Å². The number of benzene rings is 3. The minimum absolute atomic E-state index is 0.106. The number of hydrogen-bond donors (Lipinski definition) is 4. The molecule has 2 aliphatic rings. The highest BCUT2D eigenvalue weighted by Crippen LogP contribution is 2.52. The maximum Gasteiger partial charge on any atom is 0.190 e. The number of aromatic hydroxyl groups is 2. The van der Waals surface area contributed by atoms with E-state index >= 15 is 0 Å². The Morgan fingerprint density at radius 1 is 0.808 bits per heavy atom. The summed E-state index contributed by atoms with van der Waals surface area (Å²) in [5.41, 5.74) is 1.45. The van der Waals surface area contributed by atoms with Crippen LogP contribution in [0.2, 0.25) is 0 Å². The zero-order valence-corrected chi connectivity index (χ0v) is 14.0. The van der Waals surface area contributed by atoms with Crippen molar-refractivity contribution in [2.75, 3.05) is 0 Å². The summed E-state index contributed by atoms with van der Waals surface area (Å²) in [6, 6.07) is 6.28. The SMILES string of the molecule is O=C1C=Cc2c3c4c(c(O)ccc4c4ccc(O)c1c24)[C@@H](O)[C@H](Cl)[C@@H]3O. The molecule has 3 aromatic rings. The van der Waals surface area contributed by atoms with E-state index in [1.54, 1.807) is 18.2 Å². The second-order valence-corrected chi connectivity index (χ2v) is 7.17. The van der Waals surface area contributed by atoms with Gasteiger partial charge in [0.1, 0.15) is 17.6 Å². The maximum atomic E-state index is 12.3. The Bertz CT molecular complexity index is 1180. The molecule has 4 N–H and O–H groups in total. The number of phenolic OH excluding ortho intramolecular Hbond substituents is 2. The first-order valence-electron chi connectivity index (χ1n) is 8.11. The number of aliphatic hydroxyl groups is 2. The lowest BCUT2D eigenvalue weighted by atomic mass is 9.77. The summed E-state index contributed by atoms with van der Waals surface area (Å²) in [6.07, 6.45) is 0.488. The fourth-order valence-corrected chi connectivity index (χ4v) is 4.50. The summed E-state index contributed by atoms with van der Waals surface area (Å²) in [6.45, 7) is 0. The number of aliphatic hydroxyl groups excluding tert-OH is 2. The fourth-order valence-electron chi connectivity index (χ4n) is 4.25. The molecule has 0 heterocycles. The van der Waals surface area contributed by atoms with E-state index in [-0.39, 0.29) is 28.4 Å². The van der Waals surface area contributed by atoms with E-state index in [2.05, 4.69) is 0 Å². The lowest BCUT2D eigenvalue weighted by molar-refractivity contribution is 0.0805. The van der Waals surface area contributed by atoms with Crippen LogP contribution in [-0.2, 0) is 0 Å². The van der Waals surface area contributed by atoms with Crippen LogP contribution >= 0.6 is 11.6 Å². The molecule has 0 saturated heterocycles. The van der Waals surface area contributed by atoms with Crippen molar-refractivity contribution < 1.29 is 25.2 Å². The zero-order chi connectivity index (χ0) is 18.3. The smallest absolute Gasteiger partial charge is 0.190 e. The third-order valence-corrected chi connectivity index (χ3v) is 5.84. The van der Waals surface area contributed by atoms with Crippen molar-refractivity contribution in [1.29, 1.82) is 0 Å². The molecule has 0 radical (unpaired) electrons. The minimum atomic E-state index is -1.24. The molecule has 3 aromatic carbocycles. The van der Waals surface area contributed by atoms with Gasteiger partial charge in [0, 0.05) is 10.9 Å². The molecule has 0 bridgehead atoms. The monoisotopic (exact) mass is 368 g/mol. The molecule has 0 saturated carbocycles. The van der Waals surface area contributed by atoms with E-state index < -0.39 is 17.6 Å². The van der Waals surface area contributed by atoms with E-state index in [9.17, 15) is 25.2 Å². The van der Waals surface area contributed by atoms with Gasteiger partial charge in [-0.15, -0.1) is 11.6 Å². The van der Waals surface area contributed by atoms with Crippen molar-refractivity contribution in [2.45, 2.75) is 17.6 Å². The normalized spacial score (nSPS) is 23.8. The van der Waals surface area contributed by atoms with Gasteiger partial charge in [-0.3, -0.25) is 4.79 Å². The van der Waals surface area contributed by atoms with Crippen molar-refractivity contribution in [3.8, 4) is 11.5 Å². The first kappa shape index (κ1) is 15.6. The van der Waals surface area contributed by atoms with Crippen LogP contribution in [0.15, 0.2) is 30.3 Å². The molecular weight excluding hydrogens is 356 g/mol. The molecule has 3 atom stereocenters. The fraction of sp³-hybridized carbons (Fsp3) is 0.150. The van der Waals surface area contributed by atoms with Crippen molar-refractivity contribution in [3.05, 3.63) is 52.6 Å². The summed E-state index contributed by atoms with van der Waals surface area (Å²) < 4.78 is 0. The number of allylic oxidation sites excluding steroid dienone is 1. The number of hydrogen-bond acceptors (Lipinski definition) is 5. The lowest BCUT2D eigenvalue weighted by Gasteiger charge is -2.34. The van der Waals surface area contributed by atoms with Gasteiger partial charge in [0.15, 0.2) is 5.78 Å². The van der Waals surface area contributed by atoms with Crippen LogP contribution in [-0.4, -0.2) is 31.6 Å². The summed E-state index contributed by atoms with van der Waals surface area (Å²) in [4.78, 5) is 12.3. The van der Waals surface area contributed by atoms with Gasteiger partial charge >= 0.3 is 0 Å². The second kappa shape index (κ2) is 4.98. The van der Waals surface area contributed by atoms with Gasteiger partial charge in [0.05, 0.1) is 17.0 Å². The highest BCUT2D eigenvalue weighted by molar-refractivity contribution is 6.28. The Labute approximate surface area is 152 Å². The summed E-state index contributed by atoms with van der Waals surface area (Å²) in [5, 5.41) is 43.2. The number of alkyl halides is 1. The summed E-state index contributed by atoms with van der Waals surface area (Å²) in [7, 11) is 0. The van der Waals surface area contributed by atoms with Crippen LogP contribution in [0.3, 0.4) is 0 Å². The van der Waals surface area contributed by atoms with E-state index in [1.165, 1.54) is 18.2 Å². The molecule has 5 rings (SSSR count). The molecule has 130 valence electrons. The average molecular weight is 369 g/mol. The summed E-state index contributed by atoms with van der Waals surface area (Å²) in [5.74, 6) is -0.560. The van der Waals surface area contributed by atoms with E-state index in [0.29, 0.717) is 32.7 Å². The topological polar surface area (TPSA) is 98.0 Å². The Kier molecular flexibility index (Phi) is 2.99. The van der Waals surface area contributed by atoms with Crippen molar-refractivity contribution in [3.63, 3.8) is 0 Å². The van der Waals surface area contributed by atoms with Crippen LogP contribution < -0.4 is 0 Å². The maximum absolute atomic E-state index is 12.3. The molecule has 6 heteroatoms. The van der Waals surface area contributed by atoms with Gasteiger partial charge in [0.2, 0.25) is 0 Å². The van der Waals surface area contributed by atoms with Gasteiger partial charge in [-0.05, 0) is 45.5 Å². The first-order valence-corrected chi connectivity index (χ1v) is 8.55. The van der Waals surface area contributed by atoms with Gasteiger partial charge in [-0.2, -0.15) is 0 Å². The second-order valence-electron chi connectivity index (χ2n) is 6.66. The Hall–Kier alpha value is -2.60. The molecular formula is C20H13ClO5. The highest BCUT2D eigenvalue weighted by atomic mass is 35.5. The largest absolute Gasteiger partial charge is 0.508 e. The number of phenols is 2. The quantitative estimate of drug-likeness (QED) is 0.360. The molecule has 0 aromatic heterocycles. The molecule has 2 aliphatic carbocycles. The van der Waals surface area contributed by atoms with Crippen molar-refractivity contribution in [2.24, 2.45) is 0 Å². The Morgan fingerprint density at radius 3 is 2.15 bits per heavy atom. The minimum Gasteiger partial charge on any atom is -0.508 e. The first-order chi connectivity index (χ1) is 12.4. The Balaban J connectivity index is 2.13. The summed E-state index contributed by atoms with van der Waals surface area (Å²) >= 11 is 6.25. The number of fused-ring (bicyclic) bond motifs is 2. The number of ketones is 1. The molecule has 0 unspecified atom stereocenters. The highest BCUT2D eigenvalue weighted by Gasteiger charge is 2.39. The molecule has 0 amide bonds. The van der Waals surface area contributed by atoms with E-state index in [1.807, 2.05) is 0 Å². The van der Waals surface area contributed by atoms with Crippen LogP contribution in [0, 0.1) is 0 Å². The van der Waals surface area contributed by atoms with Gasteiger partial charge in [-0.25, -0.2) is 0 Å². The third kappa shape index (κ3) is 1.70. The van der Waals surface area contributed by atoms with Crippen LogP contribution in [0.25, 0.3) is 27.6 Å². The van der Waals surface area contributed by atoms with Crippen LogP contribution in [0.4, 0.5) is 0 Å². The predicted octanol–water partition coefficient (Wildman–Crippen LogP) is 3.30. The van der Waals surface area contributed by atoms with Crippen LogP contribution in [0.5, 0.6) is 11.5 Å². The molecule has 26 heavy (non-hydrogen) atoms. The number of halogens is 1. The average Bonchev–Trinajstić information content (AvgIpc) is 2.62. The van der Waals surface area contributed by atoms with E-state index in [4.69, 9.17) is 11.6 Å². The number of carbonyl (C=O) groups is 1. The Morgan fingerprint density at radius 2 is 1.42 bits per heavy atom. The molecule has 0 fully saturated rings. The third-order valence-electron chi connectivity index (χ3n) is 5.37. The standard InChI is InChI=1S/C20H13ClO5/c21-18-19(25)15-9-3-6-11(23)16-10(22)4-1-7(13(9)16)8-2-5-12(24)17(14(8)15)20(18)26/h1-6,18-20,22,24-26H/t18-,19-,20-/m1/s1. The zero-order valence-electron chi connectivity index (χ0n) is 13.3. The van der Waals surface area contributed by atoms with Crippen molar-refractivity contribution in [1.82, 2.24) is 0 Å².